The van der Waals surface area contributed by atoms with Gasteiger partial charge in [-0.1, -0.05) is 36.6 Å². The van der Waals surface area contributed by atoms with Crippen LogP contribution >= 0.6 is 11.6 Å². The van der Waals surface area contributed by atoms with E-state index in [4.69, 9.17) is 11.6 Å². The van der Waals surface area contributed by atoms with Gasteiger partial charge in [0.25, 0.3) is 0 Å². The van der Waals surface area contributed by atoms with Gasteiger partial charge in [0.05, 0.1) is 6.10 Å². The third-order valence-corrected chi connectivity index (χ3v) is 4.51. The zero-order chi connectivity index (χ0) is 11.1. The SMILES string of the molecule is OC(c1cccc(Cl)c1)C1C2CCCCC21. The minimum absolute atomic E-state index is 0.299. The monoisotopic (exact) mass is 236 g/mol. The second kappa shape index (κ2) is 4.05. The van der Waals surface area contributed by atoms with Crippen LogP contribution in [0.4, 0.5) is 0 Å². The van der Waals surface area contributed by atoms with Crippen LogP contribution in [0.15, 0.2) is 24.3 Å². The Balaban J connectivity index is 1.76. The van der Waals surface area contributed by atoms with Crippen LogP contribution < -0.4 is 0 Å². The van der Waals surface area contributed by atoms with E-state index in [1.807, 2.05) is 24.3 Å². The molecule has 1 aromatic rings. The first-order valence-electron chi connectivity index (χ1n) is 6.21. The lowest BCUT2D eigenvalue weighted by Gasteiger charge is -2.10. The van der Waals surface area contributed by atoms with Crippen LogP contribution in [0.2, 0.25) is 5.02 Å². The van der Waals surface area contributed by atoms with E-state index in [9.17, 15) is 5.11 Å². The first-order chi connectivity index (χ1) is 7.77. The van der Waals surface area contributed by atoms with Crippen molar-refractivity contribution in [1.29, 1.82) is 0 Å². The molecule has 3 atom stereocenters. The highest BCUT2D eigenvalue weighted by Gasteiger charge is 2.54. The molecule has 2 saturated carbocycles. The Labute approximate surface area is 101 Å². The number of hydrogen-bond acceptors (Lipinski definition) is 1. The minimum atomic E-state index is -0.299. The van der Waals surface area contributed by atoms with E-state index in [-0.39, 0.29) is 6.10 Å². The molecule has 0 radical (unpaired) electrons. The zero-order valence-corrected chi connectivity index (χ0v) is 10.0. The third-order valence-electron chi connectivity index (χ3n) is 4.28. The average molecular weight is 237 g/mol. The molecule has 3 rings (SSSR count). The first-order valence-corrected chi connectivity index (χ1v) is 6.59. The van der Waals surface area contributed by atoms with Crippen LogP contribution in [-0.2, 0) is 0 Å². The number of halogens is 1. The van der Waals surface area contributed by atoms with Crippen molar-refractivity contribution in [2.24, 2.45) is 17.8 Å². The van der Waals surface area contributed by atoms with Gasteiger partial charge in [0, 0.05) is 5.02 Å². The summed E-state index contributed by atoms with van der Waals surface area (Å²) in [5, 5.41) is 11.1. The molecule has 0 aliphatic heterocycles. The van der Waals surface area contributed by atoms with Gasteiger partial charge >= 0.3 is 0 Å². The van der Waals surface area contributed by atoms with Crippen molar-refractivity contribution in [3.63, 3.8) is 0 Å². The standard InChI is InChI=1S/C14H17ClO/c15-10-5-3-4-9(8-10)14(16)13-11-6-1-2-7-12(11)13/h3-5,8,11-14,16H,1-2,6-7H2. The second-order valence-electron chi connectivity index (χ2n) is 5.19. The smallest absolute Gasteiger partial charge is 0.0824 e. The normalized spacial score (nSPS) is 34.2. The molecular formula is C14H17ClO. The first kappa shape index (κ1) is 10.6. The maximum absolute atomic E-state index is 10.4. The van der Waals surface area contributed by atoms with Crippen LogP contribution in [0.3, 0.4) is 0 Å². The number of benzene rings is 1. The molecule has 1 aromatic carbocycles. The fraction of sp³-hybridized carbons (Fsp3) is 0.571. The highest BCUT2D eigenvalue weighted by Crippen LogP contribution is 2.60. The van der Waals surface area contributed by atoms with Gasteiger partial charge in [-0.15, -0.1) is 0 Å². The fourth-order valence-corrected chi connectivity index (χ4v) is 3.63. The third kappa shape index (κ3) is 1.76. The molecule has 2 heteroatoms. The lowest BCUT2D eigenvalue weighted by atomic mass is 10.0. The molecule has 86 valence electrons. The van der Waals surface area contributed by atoms with E-state index in [1.54, 1.807) is 0 Å². The quantitative estimate of drug-likeness (QED) is 0.828. The van der Waals surface area contributed by atoms with Gasteiger partial charge in [0.1, 0.15) is 0 Å². The molecule has 0 heterocycles. The van der Waals surface area contributed by atoms with Crippen LogP contribution in [0.25, 0.3) is 0 Å². The maximum atomic E-state index is 10.4. The molecule has 3 unspecified atom stereocenters. The summed E-state index contributed by atoms with van der Waals surface area (Å²) in [6.45, 7) is 0. The van der Waals surface area contributed by atoms with E-state index in [0.29, 0.717) is 5.92 Å². The molecule has 0 aromatic heterocycles. The summed E-state index contributed by atoms with van der Waals surface area (Å²) in [6, 6.07) is 7.67. The number of aliphatic hydroxyl groups excluding tert-OH is 1. The van der Waals surface area contributed by atoms with Crippen molar-refractivity contribution in [3.05, 3.63) is 34.9 Å². The molecule has 1 nitrogen and oxygen atoms in total. The summed E-state index contributed by atoms with van der Waals surface area (Å²) in [7, 11) is 0. The Kier molecular flexibility index (Phi) is 2.68. The van der Waals surface area contributed by atoms with Crippen molar-refractivity contribution < 1.29 is 5.11 Å². The van der Waals surface area contributed by atoms with Crippen LogP contribution in [0.5, 0.6) is 0 Å². The molecule has 0 saturated heterocycles. The largest absolute Gasteiger partial charge is 0.388 e. The van der Waals surface area contributed by atoms with Crippen molar-refractivity contribution in [2.75, 3.05) is 0 Å². The fourth-order valence-electron chi connectivity index (χ4n) is 3.43. The predicted molar refractivity (Wildman–Crippen MR) is 65.3 cm³/mol. The van der Waals surface area contributed by atoms with E-state index < -0.39 is 0 Å². The molecule has 0 spiro atoms. The van der Waals surface area contributed by atoms with Gasteiger partial charge < -0.3 is 5.11 Å². The van der Waals surface area contributed by atoms with Gasteiger partial charge in [-0.25, -0.2) is 0 Å². The number of rotatable bonds is 2. The predicted octanol–water partition coefficient (Wildman–Crippen LogP) is 3.81. The van der Waals surface area contributed by atoms with Crippen LogP contribution in [0.1, 0.15) is 37.4 Å². The lowest BCUT2D eigenvalue weighted by molar-refractivity contribution is 0.142. The topological polar surface area (TPSA) is 20.2 Å². The Morgan fingerprint density at radius 2 is 1.88 bits per heavy atom. The molecule has 1 N–H and O–H groups in total. The molecular weight excluding hydrogens is 220 g/mol. The lowest BCUT2D eigenvalue weighted by Crippen LogP contribution is -2.02. The molecule has 16 heavy (non-hydrogen) atoms. The highest BCUT2D eigenvalue weighted by molar-refractivity contribution is 6.30. The van der Waals surface area contributed by atoms with E-state index in [0.717, 1.165) is 22.4 Å². The molecule has 0 bridgehead atoms. The molecule has 2 aliphatic carbocycles. The summed E-state index contributed by atoms with van der Waals surface area (Å²) in [6.07, 6.45) is 5.02. The van der Waals surface area contributed by atoms with Crippen molar-refractivity contribution >= 4 is 11.6 Å². The summed E-state index contributed by atoms with van der Waals surface area (Å²) in [4.78, 5) is 0. The van der Waals surface area contributed by atoms with Crippen LogP contribution in [0, 0.1) is 17.8 Å². The molecule has 2 aliphatic rings. The average Bonchev–Trinajstić information content (AvgIpc) is 3.02. The van der Waals surface area contributed by atoms with E-state index >= 15 is 0 Å². The summed E-state index contributed by atoms with van der Waals surface area (Å²) >= 11 is 5.96. The Morgan fingerprint density at radius 1 is 1.19 bits per heavy atom. The van der Waals surface area contributed by atoms with E-state index in [1.165, 1.54) is 25.7 Å². The Morgan fingerprint density at radius 3 is 2.50 bits per heavy atom. The zero-order valence-electron chi connectivity index (χ0n) is 9.27. The number of aliphatic hydroxyl groups is 1. The highest BCUT2D eigenvalue weighted by atomic mass is 35.5. The Bertz CT molecular complexity index is 378. The van der Waals surface area contributed by atoms with Gasteiger partial charge in [-0.2, -0.15) is 0 Å². The van der Waals surface area contributed by atoms with Crippen molar-refractivity contribution in [2.45, 2.75) is 31.8 Å². The minimum Gasteiger partial charge on any atom is -0.388 e. The van der Waals surface area contributed by atoms with Gasteiger partial charge in [-0.05, 0) is 48.3 Å². The molecule has 2 fully saturated rings. The van der Waals surface area contributed by atoms with E-state index in [2.05, 4.69) is 0 Å². The summed E-state index contributed by atoms with van der Waals surface area (Å²) in [5.41, 5.74) is 0.993. The van der Waals surface area contributed by atoms with Gasteiger partial charge in [0.2, 0.25) is 0 Å². The second-order valence-corrected chi connectivity index (χ2v) is 5.63. The maximum Gasteiger partial charge on any atom is 0.0824 e. The van der Waals surface area contributed by atoms with Crippen LogP contribution in [-0.4, -0.2) is 5.11 Å². The van der Waals surface area contributed by atoms with Crippen molar-refractivity contribution in [1.82, 2.24) is 0 Å². The number of hydrogen-bond donors (Lipinski definition) is 1. The Hall–Kier alpha value is -0.530. The van der Waals surface area contributed by atoms with Gasteiger partial charge in [-0.3, -0.25) is 0 Å². The summed E-state index contributed by atoms with van der Waals surface area (Å²) in [5.74, 6) is 2.06. The van der Waals surface area contributed by atoms with Crippen molar-refractivity contribution in [3.8, 4) is 0 Å². The molecule has 0 amide bonds. The number of fused-ring (bicyclic) bond motifs is 1. The van der Waals surface area contributed by atoms with Gasteiger partial charge in [0.15, 0.2) is 0 Å². The summed E-state index contributed by atoms with van der Waals surface area (Å²) < 4.78 is 0.